The lowest BCUT2D eigenvalue weighted by Gasteiger charge is -2.27. The van der Waals surface area contributed by atoms with Crippen molar-refractivity contribution >= 4 is 60.2 Å². The summed E-state index contributed by atoms with van der Waals surface area (Å²) in [6.07, 6.45) is 0. The number of hydrogen-bond donors (Lipinski definition) is 0. The van der Waals surface area contributed by atoms with Gasteiger partial charge in [0.25, 0.3) is 0 Å². The number of fused-ring (bicyclic) bond motifs is 5. The van der Waals surface area contributed by atoms with Gasteiger partial charge in [-0.15, -0.1) is 0 Å². The predicted octanol–water partition coefficient (Wildman–Crippen LogP) is 13.1. The van der Waals surface area contributed by atoms with E-state index in [0.717, 1.165) is 11.4 Å². The van der Waals surface area contributed by atoms with Crippen LogP contribution in [0, 0.1) is 0 Å². The van der Waals surface area contributed by atoms with E-state index in [2.05, 4.69) is 193 Å². The minimum atomic E-state index is 1.13. The Morgan fingerprint density at radius 2 is 0.830 bits per heavy atom. The highest BCUT2D eigenvalue weighted by molar-refractivity contribution is 6.14. The van der Waals surface area contributed by atoms with Crippen molar-refractivity contribution in [1.82, 2.24) is 0 Å². The second-order valence-corrected chi connectivity index (χ2v) is 12.2. The Bertz CT molecular complexity index is 2560. The first-order valence-corrected chi connectivity index (χ1v) is 16.2. The normalized spacial score (nSPS) is 11.4. The van der Waals surface area contributed by atoms with Gasteiger partial charge in [-0.2, -0.15) is 0 Å². The Morgan fingerprint density at radius 3 is 1.62 bits per heavy atom. The Hall–Kier alpha value is -6.18. The summed E-state index contributed by atoms with van der Waals surface area (Å²) >= 11 is 0. The zero-order valence-corrected chi connectivity index (χ0v) is 25.8. The number of rotatable bonds is 5. The molecule has 9 aromatic carbocycles. The van der Waals surface area contributed by atoms with Crippen LogP contribution in [0.15, 0.2) is 188 Å². The summed E-state index contributed by atoms with van der Waals surface area (Å²) in [5.74, 6) is 0. The van der Waals surface area contributed by atoms with Crippen LogP contribution in [0.5, 0.6) is 0 Å². The third-order valence-corrected chi connectivity index (χ3v) is 9.40. The average molecular weight is 598 g/mol. The van der Waals surface area contributed by atoms with Crippen LogP contribution < -0.4 is 4.90 Å². The van der Waals surface area contributed by atoms with Gasteiger partial charge < -0.3 is 4.90 Å². The van der Waals surface area contributed by atoms with Crippen molar-refractivity contribution < 1.29 is 0 Å². The summed E-state index contributed by atoms with van der Waals surface area (Å²) in [5.41, 5.74) is 8.36. The molecule has 0 aliphatic rings. The maximum atomic E-state index is 2.35. The molecule has 0 aliphatic heterocycles. The van der Waals surface area contributed by atoms with Crippen molar-refractivity contribution in [2.75, 3.05) is 4.90 Å². The first-order chi connectivity index (χ1) is 23.3. The van der Waals surface area contributed by atoms with Crippen LogP contribution >= 0.6 is 0 Å². The van der Waals surface area contributed by atoms with E-state index < -0.39 is 0 Å². The molecular formula is C46H31N. The van der Waals surface area contributed by atoms with Gasteiger partial charge in [-0.3, -0.25) is 0 Å². The zero-order chi connectivity index (χ0) is 31.2. The van der Waals surface area contributed by atoms with Crippen LogP contribution in [0.4, 0.5) is 17.1 Å². The van der Waals surface area contributed by atoms with Gasteiger partial charge in [-0.25, -0.2) is 0 Å². The smallest absolute Gasteiger partial charge is 0.0540 e. The van der Waals surface area contributed by atoms with Gasteiger partial charge in [0.2, 0.25) is 0 Å². The molecule has 47 heavy (non-hydrogen) atoms. The van der Waals surface area contributed by atoms with Gasteiger partial charge in [0.15, 0.2) is 0 Å². The third-order valence-electron chi connectivity index (χ3n) is 9.40. The summed E-state index contributed by atoms with van der Waals surface area (Å²) < 4.78 is 0. The molecule has 0 spiro atoms. The topological polar surface area (TPSA) is 3.24 Å². The lowest BCUT2D eigenvalue weighted by molar-refractivity contribution is 1.30. The quantitative estimate of drug-likeness (QED) is 0.178. The fourth-order valence-corrected chi connectivity index (χ4v) is 7.10. The van der Waals surface area contributed by atoms with Crippen LogP contribution in [0.3, 0.4) is 0 Å². The number of hydrogen-bond acceptors (Lipinski definition) is 1. The molecule has 9 aromatic rings. The molecule has 0 radical (unpaired) electrons. The van der Waals surface area contributed by atoms with Gasteiger partial charge in [0.1, 0.15) is 0 Å². The van der Waals surface area contributed by atoms with Crippen LogP contribution in [-0.4, -0.2) is 0 Å². The fraction of sp³-hybridized carbons (Fsp3) is 0. The predicted molar refractivity (Wildman–Crippen MR) is 202 cm³/mol. The largest absolute Gasteiger partial charge is 0.310 e. The standard InChI is InChI=1S/C46H31N/c1-2-14-39(15-3-1)47(46-20-10-13-33-11-4-7-17-42(33)46)40-27-25-32(26-28-40)34-21-22-36-30-38(24-23-35(36)29-34)45-31-37-12-5-6-16-41(37)43-18-8-9-19-44(43)45/h1-31H. The van der Waals surface area contributed by atoms with Crippen molar-refractivity contribution in [1.29, 1.82) is 0 Å². The van der Waals surface area contributed by atoms with E-state index in [4.69, 9.17) is 0 Å². The van der Waals surface area contributed by atoms with Crippen molar-refractivity contribution in [2.45, 2.75) is 0 Å². The van der Waals surface area contributed by atoms with Gasteiger partial charge in [0, 0.05) is 16.8 Å². The maximum Gasteiger partial charge on any atom is 0.0540 e. The van der Waals surface area contributed by atoms with E-state index in [1.807, 2.05) is 0 Å². The first-order valence-electron chi connectivity index (χ1n) is 16.2. The molecule has 0 unspecified atom stereocenters. The van der Waals surface area contributed by atoms with Gasteiger partial charge in [0.05, 0.1) is 5.69 Å². The summed E-state index contributed by atoms with van der Waals surface area (Å²) in [7, 11) is 0. The minimum Gasteiger partial charge on any atom is -0.310 e. The number of anilines is 3. The molecule has 220 valence electrons. The lowest BCUT2D eigenvalue weighted by atomic mass is 9.92. The lowest BCUT2D eigenvalue weighted by Crippen LogP contribution is -2.10. The minimum absolute atomic E-state index is 1.13. The molecule has 0 saturated carbocycles. The van der Waals surface area contributed by atoms with Gasteiger partial charge in [-0.05, 0) is 108 Å². The molecular weight excluding hydrogens is 567 g/mol. The van der Waals surface area contributed by atoms with Crippen LogP contribution in [-0.2, 0) is 0 Å². The number of benzene rings is 9. The average Bonchev–Trinajstić information content (AvgIpc) is 3.15. The highest BCUT2D eigenvalue weighted by atomic mass is 15.1. The Morgan fingerprint density at radius 1 is 0.277 bits per heavy atom. The van der Waals surface area contributed by atoms with Crippen LogP contribution in [0.25, 0.3) is 65.3 Å². The molecule has 0 heterocycles. The van der Waals surface area contributed by atoms with Crippen molar-refractivity contribution in [3.63, 3.8) is 0 Å². The molecule has 1 heteroatoms. The SMILES string of the molecule is c1ccc(N(c2ccc(-c3ccc4cc(-c5cc6ccccc6c6ccccc56)ccc4c3)cc2)c2cccc3ccccc23)cc1. The summed E-state index contributed by atoms with van der Waals surface area (Å²) in [4.78, 5) is 2.35. The van der Waals surface area contributed by atoms with Crippen molar-refractivity contribution in [2.24, 2.45) is 0 Å². The van der Waals surface area contributed by atoms with Crippen molar-refractivity contribution in [3.8, 4) is 22.3 Å². The number of nitrogens with zero attached hydrogens (tertiary/aromatic N) is 1. The highest BCUT2D eigenvalue weighted by Crippen LogP contribution is 2.40. The van der Waals surface area contributed by atoms with Crippen LogP contribution in [0.1, 0.15) is 0 Å². The molecule has 0 bridgehead atoms. The zero-order valence-electron chi connectivity index (χ0n) is 25.8. The molecule has 0 amide bonds. The molecule has 0 saturated heterocycles. The van der Waals surface area contributed by atoms with E-state index in [-0.39, 0.29) is 0 Å². The van der Waals surface area contributed by atoms with E-state index >= 15 is 0 Å². The fourth-order valence-electron chi connectivity index (χ4n) is 7.10. The second-order valence-electron chi connectivity index (χ2n) is 12.2. The third kappa shape index (κ3) is 4.81. The maximum absolute atomic E-state index is 2.35. The van der Waals surface area contributed by atoms with Gasteiger partial charge >= 0.3 is 0 Å². The molecule has 0 N–H and O–H groups in total. The molecule has 0 aliphatic carbocycles. The molecule has 0 fully saturated rings. The number of para-hydroxylation sites is 1. The van der Waals surface area contributed by atoms with E-state index in [0.29, 0.717) is 0 Å². The Labute approximate surface area is 274 Å². The molecule has 0 atom stereocenters. The summed E-state index contributed by atoms with van der Waals surface area (Å²) in [6.45, 7) is 0. The van der Waals surface area contributed by atoms with Crippen molar-refractivity contribution in [3.05, 3.63) is 188 Å². The van der Waals surface area contributed by atoms with Gasteiger partial charge in [-0.1, -0.05) is 140 Å². The summed E-state index contributed by atoms with van der Waals surface area (Å²) in [6, 6.07) is 68.2. The monoisotopic (exact) mass is 597 g/mol. The molecule has 0 aromatic heterocycles. The Balaban J connectivity index is 1.09. The second kappa shape index (κ2) is 11.3. The molecule has 1 nitrogen and oxygen atoms in total. The first kappa shape index (κ1) is 27.2. The van der Waals surface area contributed by atoms with E-state index in [1.54, 1.807) is 0 Å². The van der Waals surface area contributed by atoms with Crippen LogP contribution in [0.2, 0.25) is 0 Å². The highest BCUT2D eigenvalue weighted by Gasteiger charge is 2.15. The van der Waals surface area contributed by atoms with E-state index in [1.165, 1.54) is 71.0 Å². The summed E-state index contributed by atoms with van der Waals surface area (Å²) in [5, 5.41) is 10.1. The Kier molecular flexibility index (Phi) is 6.54. The van der Waals surface area contributed by atoms with E-state index in [9.17, 15) is 0 Å². The molecule has 9 rings (SSSR count).